The zero-order chi connectivity index (χ0) is 15.1. The third-order valence-electron chi connectivity index (χ3n) is 3.50. The molecule has 0 fully saturated rings. The second-order valence-electron chi connectivity index (χ2n) is 5.31. The van der Waals surface area contributed by atoms with Gasteiger partial charge in [0.05, 0.1) is 23.3 Å². The van der Waals surface area contributed by atoms with E-state index in [-0.39, 0.29) is 5.91 Å². The van der Waals surface area contributed by atoms with Gasteiger partial charge in [0.1, 0.15) is 0 Å². The highest BCUT2D eigenvalue weighted by Crippen LogP contribution is 2.18. The molecule has 4 nitrogen and oxygen atoms in total. The highest BCUT2D eigenvalue weighted by molar-refractivity contribution is 5.89. The van der Waals surface area contributed by atoms with Gasteiger partial charge in [-0.05, 0) is 18.6 Å². The van der Waals surface area contributed by atoms with Gasteiger partial charge in [-0.25, -0.2) is 0 Å². The number of nitrogens with two attached hydrogens (primary N) is 1. The Bertz CT molecular complexity index is 610. The zero-order valence-electron chi connectivity index (χ0n) is 12.6. The van der Waals surface area contributed by atoms with E-state index in [1.165, 1.54) is 19.3 Å². The van der Waals surface area contributed by atoms with Crippen LogP contribution in [0.4, 0.5) is 5.69 Å². The number of fused-ring (bicyclic) bond motifs is 1. The van der Waals surface area contributed by atoms with Gasteiger partial charge >= 0.3 is 0 Å². The van der Waals surface area contributed by atoms with E-state index in [2.05, 4.69) is 17.2 Å². The number of pyridine rings is 1. The Kier molecular flexibility index (Phi) is 5.55. The molecule has 0 bridgehead atoms. The molecule has 0 atom stereocenters. The number of aromatic nitrogens is 1. The van der Waals surface area contributed by atoms with Crippen molar-refractivity contribution in [2.75, 3.05) is 12.3 Å². The van der Waals surface area contributed by atoms with E-state index >= 15 is 0 Å². The molecule has 1 heterocycles. The predicted octanol–water partition coefficient (Wildman–Crippen LogP) is 3.06. The summed E-state index contributed by atoms with van der Waals surface area (Å²) in [5.74, 6) is 0.0212. The fourth-order valence-corrected chi connectivity index (χ4v) is 2.32. The largest absolute Gasteiger partial charge is 0.397 e. The molecule has 0 aliphatic rings. The van der Waals surface area contributed by atoms with Crippen molar-refractivity contribution >= 4 is 22.5 Å². The summed E-state index contributed by atoms with van der Waals surface area (Å²) in [6.45, 7) is 2.92. The number of anilines is 1. The summed E-state index contributed by atoms with van der Waals surface area (Å²) in [6.07, 6.45) is 4.94. The monoisotopic (exact) mass is 285 g/mol. The first kappa shape index (κ1) is 15.3. The van der Waals surface area contributed by atoms with E-state index in [1.807, 2.05) is 30.3 Å². The lowest BCUT2D eigenvalue weighted by Crippen LogP contribution is -2.26. The fourth-order valence-electron chi connectivity index (χ4n) is 2.32. The number of hydrogen-bond donors (Lipinski definition) is 2. The summed E-state index contributed by atoms with van der Waals surface area (Å²) in [4.78, 5) is 16.4. The highest BCUT2D eigenvalue weighted by atomic mass is 16.1. The molecule has 2 aromatic rings. The second-order valence-corrected chi connectivity index (χ2v) is 5.31. The van der Waals surface area contributed by atoms with Crippen LogP contribution in [0.3, 0.4) is 0 Å². The molecule has 0 aliphatic heterocycles. The molecule has 0 unspecified atom stereocenters. The lowest BCUT2D eigenvalue weighted by atomic mass is 10.1. The van der Waals surface area contributed by atoms with Crippen LogP contribution in [0.1, 0.15) is 38.3 Å². The van der Waals surface area contributed by atoms with Crippen LogP contribution in [0.15, 0.2) is 30.3 Å². The first-order chi connectivity index (χ1) is 10.2. The molecule has 0 saturated carbocycles. The van der Waals surface area contributed by atoms with Crippen LogP contribution >= 0.6 is 0 Å². The fraction of sp³-hybridized carbons (Fsp3) is 0.412. The Labute approximate surface area is 125 Å². The maximum atomic E-state index is 11.9. The molecule has 1 aromatic heterocycles. The number of nitrogen functional groups attached to an aromatic ring is 1. The van der Waals surface area contributed by atoms with E-state index in [1.54, 1.807) is 0 Å². The van der Waals surface area contributed by atoms with E-state index in [0.717, 1.165) is 29.6 Å². The number of amides is 1. The molecule has 1 amide bonds. The Morgan fingerprint density at radius 3 is 2.86 bits per heavy atom. The number of carbonyl (C=O) groups is 1. The van der Waals surface area contributed by atoms with Gasteiger partial charge in [0.2, 0.25) is 5.91 Å². The second kappa shape index (κ2) is 7.62. The van der Waals surface area contributed by atoms with Crippen molar-refractivity contribution < 1.29 is 4.79 Å². The number of benzene rings is 1. The van der Waals surface area contributed by atoms with E-state index in [0.29, 0.717) is 12.1 Å². The van der Waals surface area contributed by atoms with Gasteiger partial charge in [0.25, 0.3) is 0 Å². The average Bonchev–Trinajstić information content (AvgIpc) is 2.48. The molecule has 112 valence electrons. The number of carbonyl (C=O) groups excluding carboxylic acids is 1. The predicted molar refractivity (Wildman–Crippen MR) is 87.0 cm³/mol. The van der Waals surface area contributed by atoms with Crippen LogP contribution in [0.25, 0.3) is 10.9 Å². The van der Waals surface area contributed by atoms with Crippen molar-refractivity contribution in [3.63, 3.8) is 0 Å². The Morgan fingerprint density at radius 2 is 2.05 bits per heavy atom. The van der Waals surface area contributed by atoms with E-state index in [9.17, 15) is 4.79 Å². The molecule has 0 radical (unpaired) electrons. The summed E-state index contributed by atoms with van der Waals surface area (Å²) in [5, 5.41) is 3.94. The molecule has 4 heteroatoms. The summed E-state index contributed by atoms with van der Waals surface area (Å²) in [5.41, 5.74) is 8.09. The number of nitrogens with zero attached hydrogens (tertiary/aromatic N) is 1. The van der Waals surface area contributed by atoms with Gasteiger partial charge in [-0.3, -0.25) is 9.78 Å². The van der Waals surface area contributed by atoms with Crippen molar-refractivity contribution in [3.05, 3.63) is 36.0 Å². The third-order valence-corrected chi connectivity index (χ3v) is 3.50. The maximum absolute atomic E-state index is 11.9. The van der Waals surface area contributed by atoms with Crippen LogP contribution < -0.4 is 11.1 Å². The zero-order valence-corrected chi connectivity index (χ0v) is 12.6. The minimum Gasteiger partial charge on any atom is -0.397 e. The van der Waals surface area contributed by atoms with Crippen molar-refractivity contribution in [3.8, 4) is 0 Å². The number of unbranched alkanes of at least 4 members (excludes halogenated alkanes) is 3. The lowest BCUT2D eigenvalue weighted by Gasteiger charge is -2.06. The molecule has 0 aliphatic carbocycles. The molecule has 3 N–H and O–H groups in total. The Balaban J connectivity index is 1.90. The lowest BCUT2D eigenvalue weighted by molar-refractivity contribution is -0.120. The summed E-state index contributed by atoms with van der Waals surface area (Å²) in [7, 11) is 0. The van der Waals surface area contributed by atoms with Crippen molar-refractivity contribution in [2.45, 2.75) is 39.0 Å². The van der Waals surface area contributed by atoms with Gasteiger partial charge in [0, 0.05) is 11.9 Å². The Hall–Kier alpha value is -2.10. The minimum absolute atomic E-state index is 0.0212. The van der Waals surface area contributed by atoms with E-state index < -0.39 is 0 Å². The molecule has 2 rings (SSSR count). The van der Waals surface area contributed by atoms with Gasteiger partial charge in [-0.1, -0.05) is 44.4 Å². The van der Waals surface area contributed by atoms with Crippen molar-refractivity contribution in [1.29, 1.82) is 0 Å². The summed E-state index contributed by atoms with van der Waals surface area (Å²) >= 11 is 0. The van der Waals surface area contributed by atoms with E-state index in [4.69, 9.17) is 5.73 Å². The number of nitrogens with one attached hydrogen (secondary N) is 1. The summed E-state index contributed by atoms with van der Waals surface area (Å²) < 4.78 is 0. The smallest absolute Gasteiger partial charge is 0.226 e. The molecule has 0 saturated heterocycles. The van der Waals surface area contributed by atoms with Gasteiger partial charge in [-0.15, -0.1) is 0 Å². The molecule has 0 spiro atoms. The number of para-hydroxylation sites is 1. The quantitative estimate of drug-likeness (QED) is 0.607. The minimum atomic E-state index is 0.0212. The number of rotatable bonds is 7. The standard InChI is InChI=1S/C17H23N3O/c1-2-3-4-5-11-19-16(21)12-14-10-9-13-7-6-8-15(18)17(13)20-14/h6-10H,2-5,11-12,18H2,1H3,(H,19,21). The first-order valence-electron chi connectivity index (χ1n) is 7.61. The van der Waals surface area contributed by atoms with Crippen LogP contribution in [0.5, 0.6) is 0 Å². The molecule has 1 aromatic carbocycles. The third kappa shape index (κ3) is 4.45. The SMILES string of the molecule is CCCCCCNC(=O)Cc1ccc2cccc(N)c2n1. The first-order valence-corrected chi connectivity index (χ1v) is 7.61. The number of hydrogen-bond acceptors (Lipinski definition) is 3. The molecular formula is C17H23N3O. The molecule has 21 heavy (non-hydrogen) atoms. The maximum Gasteiger partial charge on any atom is 0.226 e. The topological polar surface area (TPSA) is 68.0 Å². The van der Waals surface area contributed by atoms with Crippen molar-refractivity contribution in [1.82, 2.24) is 10.3 Å². The van der Waals surface area contributed by atoms with Gasteiger partial charge < -0.3 is 11.1 Å². The average molecular weight is 285 g/mol. The Morgan fingerprint density at radius 1 is 1.19 bits per heavy atom. The van der Waals surface area contributed by atoms with Gasteiger partial charge in [0.15, 0.2) is 0 Å². The van der Waals surface area contributed by atoms with Crippen LogP contribution in [0, 0.1) is 0 Å². The van der Waals surface area contributed by atoms with Gasteiger partial charge in [-0.2, -0.15) is 0 Å². The summed E-state index contributed by atoms with van der Waals surface area (Å²) in [6, 6.07) is 9.55. The molecular weight excluding hydrogens is 262 g/mol. The van der Waals surface area contributed by atoms with Crippen molar-refractivity contribution in [2.24, 2.45) is 0 Å². The normalized spacial score (nSPS) is 10.7. The van der Waals surface area contributed by atoms with Crippen LogP contribution in [-0.2, 0) is 11.2 Å². The highest BCUT2D eigenvalue weighted by Gasteiger charge is 2.06. The van der Waals surface area contributed by atoms with Crippen LogP contribution in [0.2, 0.25) is 0 Å². The van der Waals surface area contributed by atoms with Crippen LogP contribution in [-0.4, -0.2) is 17.4 Å².